The van der Waals surface area contributed by atoms with E-state index in [1.54, 1.807) is 0 Å². The number of unbranched alkanes of at least 4 members (excludes halogenated alkanes) is 3. The van der Waals surface area contributed by atoms with Crippen LogP contribution in [-0.2, 0) is 0 Å². The summed E-state index contributed by atoms with van der Waals surface area (Å²) in [5, 5.41) is 3.59. The maximum Gasteiger partial charge on any atom is 0.0294 e. The van der Waals surface area contributed by atoms with Gasteiger partial charge in [0.15, 0.2) is 0 Å². The Hall–Kier alpha value is -1.08. The molecule has 0 saturated carbocycles. The Morgan fingerprint density at radius 2 is 2.00 bits per heavy atom. The number of hydrogen-bond acceptors (Lipinski definition) is 1. The van der Waals surface area contributed by atoms with Crippen LogP contribution in [0.2, 0.25) is 0 Å². The molecule has 0 unspecified atom stereocenters. The SMILES string of the molecule is C=CCCCCCN[C@H](C)c1ccccc1C. The van der Waals surface area contributed by atoms with Crippen molar-refractivity contribution < 1.29 is 0 Å². The Labute approximate surface area is 106 Å². The molecule has 0 fully saturated rings. The smallest absolute Gasteiger partial charge is 0.0294 e. The lowest BCUT2D eigenvalue weighted by molar-refractivity contribution is 0.538. The zero-order valence-corrected chi connectivity index (χ0v) is 11.2. The van der Waals surface area contributed by atoms with Gasteiger partial charge in [0.1, 0.15) is 0 Å². The quantitative estimate of drug-likeness (QED) is 0.517. The lowest BCUT2D eigenvalue weighted by Gasteiger charge is -2.16. The molecule has 1 atom stereocenters. The van der Waals surface area contributed by atoms with E-state index in [1.807, 2.05) is 6.08 Å². The summed E-state index contributed by atoms with van der Waals surface area (Å²) in [4.78, 5) is 0. The summed E-state index contributed by atoms with van der Waals surface area (Å²) in [7, 11) is 0. The summed E-state index contributed by atoms with van der Waals surface area (Å²) in [6.45, 7) is 9.26. The molecule has 0 aromatic heterocycles. The summed E-state index contributed by atoms with van der Waals surface area (Å²) in [5.74, 6) is 0. The number of nitrogens with one attached hydrogen (secondary N) is 1. The van der Waals surface area contributed by atoms with Crippen molar-refractivity contribution in [1.29, 1.82) is 0 Å². The van der Waals surface area contributed by atoms with Crippen LogP contribution >= 0.6 is 0 Å². The third-order valence-corrected chi connectivity index (χ3v) is 3.19. The third kappa shape index (κ3) is 5.18. The molecular weight excluding hydrogens is 206 g/mol. The molecule has 0 bridgehead atoms. The highest BCUT2D eigenvalue weighted by molar-refractivity contribution is 5.28. The minimum atomic E-state index is 0.454. The van der Waals surface area contributed by atoms with Crippen molar-refractivity contribution in [3.05, 3.63) is 48.0 Å². The lowest BCUT2D eigenvalue weighted by atomic mass is 10.0. The molecule has 0 amide bonds. The molecule has 17 heavy (non-hydrogen) atoms. The van der Waals surface area contributed by atoms with Crippen LogP contribution in [0.5, 0.6) is 0 Å². The molecule has 0 aliphatic carbocycles. The molecule has 1 aromatic carbocycles. The highest BCUT2D eigenvalue weighted by Gasteiger charge is 2.05. The van der Waals surface area contributed by atoms with Crippen LogP contribution in [0.25, 0.3) is 0 Å². The van der Waals surface area contributed by atoms with Crippen LogP contribution in [0.15, 0.2) is 36.9 Å². The van der Waals surface area contributed by atoms with Gasteiger partial charge in [0, 0.05) is 6.04 Å². The Morgan fingerprint density at radius 3 is 2.71 bits per heavy atom. The van der Waals surface area contributed by atoms with Crippen molar-refractivity contribution >= 4 is 0 Å². The van der Waals surface area contributed by atoms with Crippen LogP contribution < -0.4 is 5.32 Å². The highest BCUT2D eigenvalue weighted by atomic mass is 14.9. The van der Waals surface area contributed by atoms with E-state index < -0.39 is 0 Å². The van der Waals surface area contributed by atoms with Gasteiger partial charge in [-0.3, -0.25) is 0 Å². The Kier molecular flexibility index (Phi) is 6.64. The van der Waals surface area contributed by atoms with Crippen molar-refractivity contribution in [2.75, 3.05) is 6.54 Å². The Morgan fingerprint density at radius 1 is 1.24 bits per heavy atom. The molecule has 1 aromatic rings. The predicted octanol–water partition coefficient (Wildman–Crippen LogP) is 4.39. The van der Waals surface area contributed by atoms with Crippen LogP contribution in [-0.4, -0.2) is 6.54 Å². The molecule has 0 aliphatic rings. The first-order chi connectivity index (χ1) is 8.25. The molecule has 1 nitrogen and oxygen atoms in total. The van der Waals surface area contributed by atoms with Crippen molar-refractivity contribution in [3.63, 3.8) is 0 Å². The third-order valence-electron chi connectivity index (χ3n) is 3.19. The van der Waals surface area contributed by atoms with Crippen molar-refractivity contribution in [1.82, 2.24) is 5.32 Å². The number of aryl methyl sites for hydroxylation is 1. The fraction of sp³-hybridized carbons (Fsp3) is 0.500. The number of rotatable bonds is 8. The molecule has 0 spiro atoms. The molecule has 0 heterocycles. The summed E-state index contributed by atoms with van der Waals surface area (Å²) in [6, 6.07) is 9.06. The van der Waals surface area contributed by atoms with Crippen molar-refractivity contribution in [3.8, 4) is 0 Å². The van der Waals surface area contributed by atoms with Crippen LogP contribution in [0.1, 0.15) is 49.8 Å². The summed E-state index contributed by atoms with van der Waals surface area (Å²) >= 11 is 0. The predicted molar refractivity (Wildman–Crippen MR) is 76.3 cm³/mol. The van der Waals surface area contributed by atoms with Crippen molar-refractivity contribution in [2.45, 2.75) is 45.6 Å². The van der Waals surface area contributed by atoms with Gasteiger partial charge in [0.2, 0.25) is 0 Å². The van der Waals surface area contributed by atoms with Gasteiger partial charge in [-0.05, 0) is 50.8 Å². The van der Waals surface area contributed by atoms with Crippen LogP contribution in [0.4, 0.5) is 0 Å². The second kappa shape index (κ2) is 8.08. The van der Waals surface area contributed by atoms with E-state index in [4.69, 9.17) is 0 Å². The Balaban J connectivity index is 2.23. The zero-order chi connectivity index (χ0) is 12.5. The molecule has 0 saturated heterocycles. The Bertz CT molecular complexity index is 330. The monoisotopic (exact) mass is 231 g/mol. The second-order valence-electron chi connectivity index (χ2n) is 4.67. The van der Waals surface area contributed by atoms with Gasteiger partial charge in [0.05, 0.1) is 0 Å². The lowest BCUT2D eigenvalue weighted by Crippen LogP contribution is -2.20. The van der Waals surface area contributed by atoms with Gasteiger partial charge in [0.25, 0.3) is 0 Å². The fourth-order valence-electron chi connectivity index (χ4n) is 2.09. The van der Waals surface area contributed by atoms with Gasteiger partial charge < -0.3 is 5.32 Å². The average molecular weight is 231 g/mol. The second-order valence-corrected chi connectivity index (χ2v) is 4.67. The molecule has 94 valence electrons. The van der Waals surface area contributed by atoms with Crippen LogP contribution in [0.3, 0.4) is 0 Å². The summed E-state index contributed by atoms with van der Waals surface area (Å²) < 4.78 is 0. The molecule has 0 aliphatic heterocycles. The van der Waals surface area contributed by atoms with Crippen LogP contribution in [0, 0.1) is 6.92 Å². The maximum atomic E-state index is 3.74. The van der Waals surface area contributed by atoms with E-state index in [1.165, 1.54) is 30.4 Å². The normalized spacial score (nSPS) is 12.4. The minimum absolute atomic E-state index is 0.454. The molecule has 1 rings (SSSR count). The van der Waals surface area contributed by atoms with Gasteiger partial charge in [-0.15, -0.1) is 6.58 Å². The minimum Gasteiger partial charge on any atom is -0.310 e. The first-order valence-electron chi connectivity index (χ1n) is 6.65. The molecule has 0 radical (unpaired) electrons. The summed E-state index contributed by atoms with van der Waals surface area (Å²) in [6.07, 6.45) is 6.96. The van der Waals surface area contributed by atoms with Gasteiger partial charge in [-0.1, -0.05) is 36.8 Å². The first-order valence-corrected chi connectivity index (χ1v) is 6.65. The topological polar surface area (TPSA) is 12.0 Å². The van der Waals surface area contributed by atoms with E-state index in [2.05, 4.69) is 50.0 Å². The molecular formula is C16H25N. The van der Waals surface area contributed by atoms with E-state index in [9.17, 15) is 0 Å². The average Bonchev–Trinajstić information content (AvgIpc) is 2.34. The zero-order valence-electron chi connectivity index (χ0n) is 11.2. The van der Waals surface area contributed by atoms with E-state index in [-0.39, 0.29) is 0 Å². The van der Waals surface area contributed by atoms with Crippen molar-refractivity contribution in [2.24, 2.45) is 0 Å². The summed E-state index contributed by atoms with van der Waals surface area (Å²) in [5.41, 5.74) is 2.79. The molecule has 1 heteroatoms. The largest absolute Gasteiger partial charge is 0.310 e. The number of allylic oxidation sites excluding steroid dienone is 1. The standard InChI is InChI=1S/C16H25N/c1-4-5-6-7-10-13-17-15(3)16-12-9-8-11-14(16)2/h4,8-9,11-12,15,17H,1,5-7,10,13H2,2-3H3/t15-/m1/s1. The maximum absolute atomic E-state index is 3.74. The van der Waals surface area contributed by atoms with Gasteiger partial charge in [-0.25, -0.2) is 0 Å². The van der Waals surface area contributed by atoms with E-state index >= 15 is 0 Å². The van der Waals surface area contributed by atoms with E-state index in [0.29, 0.717) is 6.04 Å². The van der Waals surface area contributed by atoms with Gasteiger partial charge >= 0.3 is 0 Å². The first kappa shape index (κ1) is 14.0. The fourth-order valence-corrected chi connectivity index (χ4v) is 2.09. The highest BCUT2D eigenvalue weighted by Crippen LogP contribution is 2.16. The molecule has 1 N–H and O–H groups in total. The number of benzene rings is 1. The van der Waals surface area contributed by atoms with E-state index in [0.717, 1.165) is 13.0 Å². The number of hydrogen-bond donors (Lipinski definition) is 1. The van der Waals surface area contributed by atoms with Gasteiger partial charge in [-0.2, -0.15) is 0 Å².